The van der Waals surface area contributed by atoms with Crippen LogP contribution in [0.5, 0.6) is 0 Å². The molecular weight excluding hydrogens is 1200 g/mol. The molecule has 0 aromatic heterocycles. The maximum Gasteiger partial charge on any atom is 0.472 e. The first kappa shape index (κ1) is 89.1. The Kier molecular flexibility index (Phi) is 64.0. The number of phosphoric ester groups is 2. The van der Waals surface area contributed by atoms with Crippen LogP contribution >= 0.6 is 15.6 Å². The number of carbonyl (C=O) groups is 4. The summed E-state index contributed by atoms with van der Waals surface area (Å²) in [6.07, 6.45) is 52.7. The van der Waals surface area contributed by atoms with E-state index in [0.717, 1.165) is 109 Å². The van der Waals surface area contributed by atoms with Crippen LogP contribution in [0.4, 0.5) is 0 Å². The lowest BCUT2D eigenvalue weighted by molar-refractivity contribution is -0.161. The minimum atomic E-state index is -4.95. The highest BCUT2D eigenvalue weighted by molar-refractivity contribution is 7.47. The topological polar surface area (TPSA) is 237 Å². The van der Waals surface area contributed by atoms with Crippen LogP contribution < -0.4 is 0 Å². The molecule has 0 rings (SSSR count). The molecule has 0 aliphatic heterocycles. The number of unbranched alkanes of at least 4 members (excludes halogenated alkanes) is 44. The smallest absolute Gasteiger partial charge is 0.462 e. The Morgan fingerprint density at radius 1 is 0.297 bits per heavy atom. The zero-order valence-electron chi connectivity index (χ0n) is 59.0. The zero-order valence-corrected chi connectivity index (χ0v) is 60.8. The first-order valence-corrected chi connectivity index (χ1v) is 40.6. The molecule has 0 spiro atoms. The van der Waals surface area contributed by atoms with Crippen molar-refractivity contribution < 1.29 is 80.2 Å². The average molecular weight is 1340 g/mol. The van der Waals surface area contributed by atoms with E-state index in [1.165, 1.54) is 186 Å². The Hall–Kier alpha value is -1.94. The fourth-order valence-corrected chi connectivity index (χ4v) is 12.6. The zero-order chi connectivity index (χ0) is 67.0. The van der Waals surface area contributed by atoms with Gasteiger partial charge in [-0.15, -0.1) is 0 Å². The monoisotopic (exact) mass is 1340 g/mol. The molecule has 3 N–H and O–H groups in total. The lowest BCUT2D eigenvalue weighted by Gasteiger charge is -2.21. The summed E-state index contributed by atoms with van der Waals surface area (Å²) in [6, 6.07) is 0. The van der Waals surface area contributed by atoms with Crippen molar-refractivity contribution in [2.45, 2.75) is 393 Å². The second kappa shape index (κ2) is 65.4. The third-order valence-corrected chi connectivity index (χ3v) is 18.7. The molecule has 540 valence electrons. The van der Waals surface area contributed by atoms with Crippen molar-refractivity contribution >= 4 is 39.5 Å². The molecule has 0 saturated carbocycles. The number of hydrogen-bond acceptors (Lipinski definition) is 15. The number of hydrogen-bond donors (Lipinski definition) is 3. The Labute approximate surface area is 556 Å². The summed E-state index contributed by atoms with van der Waals surface area (Å²) in [5.74, 6) is -1.32. The fourth-order valence-electron chi connectivity index (χ4n) is 11.0. The molecule has 0 bridgehead atoms. The first-order valence-electron chi connectivity index (χ1n) is 37.6. The molecule has 0 fully saturated rings. The average Bonchev–Trinajstić information content (AvgIpc) is 3.66. The van der Waals surface area contributed by atoms with Crippen molar-refractivity contribution in [2.24, 2.45) is 5.92 Å². The molecule has 0 aliphatic rings. The van der Waals surface area contributed by atoms with Crippen LogP contribution in [0.15, 0.2) is 0 Å². The van der Waals surface area contributed by atoms with Crippen molar-refractivity contribution in [3.63, 3.8) is 0 Å². The van der Waals surface area contributed by atoms with E-state index in [1.807, 2.05) is 0 Å². The first-order chi connectivity index (χ1) is 44.0. The van der Waals surface area contributed by atoms with Gasteiger partial charge in [-0.25, -0.2) is 9.13 Å². The second-order valence-corrected chi connectivity index (χ2v) is 29.4. The van der Waals surface area contributed by atoms with Gasteiger partial charge in [-0.3, -0.25) is 37.3 Å². The van der Waals surface area contributed by atoms with Gasteiger partial charge in [0.15, 0.2) is 12.2 Å². The molecule has 19 heteroatoms. The second-order valence-electron chi connectivity index (χ2n) is 26.5. The molecular formula is C72H140O17P2. The van der Waals surface area contributed by atoms with Gasteiger partial charge < -0.3 is 33.8 Å². The number of aliphatic hydroxyl groups is 1. The number of aliphatic hydroxyl groups excluding tert-OH is 1. The van der Waals surface area contributed by atoms with Crippen LogP contribution in [0.1, 0.15) is 375 Å². The van der Waals surface area contributed by atoms with E-state index >= 15 is 0 Å². The number of rotatable bonds is 72. The predicted octanol–water partition coefficient (Wildman–Crippen LogP) is 20.9. The summed E-state index contributed by atoms with van der Waals surface area (Å²) in [6.45, 7) is 7.25. The summed E-state index contributed by atoms with van der Waals surface area (Å²) < 4.78 is 68.3. The normalized spacial score (nSPS) is 14.0. The molecule has 5 atom stereocenters. The number of esters is 4. The van der Waals surface area contributed by atoms with E-state index in [-0.39, 0.29) is 25.7 Å². The SMILES string of the molecule is CCCCCCCCCCCCCCCCC(=O)OC[C@H](COP(=O)(O)OC[C@@H](O)COP(=O)(O)OC[C@@H](COC(=O)CCCCCCCCC)OC(=O)CCCCCCCCCCCCCC)OC(=O)CCCCCCCCCCCCCCCCCC(C)C. The molecule has 0 saturated heterocycles. The quantitative estimate of drug-likeness (QED) is 0.0222. The van der Waals surface area contributed by atoms with E-state index in [4.69, 9.17) is 37.0 Å². The van der Waals surface area contributed by atoms with Crippen molar-refractivity contribution in [3.8, 4) is 0 Å². The number of phosphoric acid groups is 2. The van der Waals surface area contributed by atoms with Crippen LogP contribution in [0.2, 0.25) is 0 Å². The minimum absolute atomic E-state index is 0.107. The predicted molar refractivity (Wildman–Crippen MR) is 368 cm³/mol. The highest BCUT2D eigenvalue weighted by Crippen LogP contribution is 2.45. The minimum Gasteiger partial charge on any atom is -0.462 e. The highest BCUT2D eigenvalue weighted by Gasteiger charge is 2.30. The number of carbonyl (C=O) groups excluding carboxylic acids is 4. The van der Waals surface area contributed by atoms with Gasteiger partial charge in [0.2, 0.25) is 0 Å². The Morgan fingerprint density at radius 3 is 0.747 bits per heavy atom. The van der Waals surface area contributed by atoms with Crippen LogP contribution in [-0.4, -0.2) is 96.7 Å². The van der Waals surface area contributed by atoms with E-state index in [9.17, 15) is 43.2 Å². The molecule has 0 amide bonds. The van der Waals surface area contributed by atoms with E-state index < -0.39 is 97.5 Å². The Bertz CT molecular complexity index is 1750. The number of ether oxygens (including phenoxy) is 4. The van der Waals surface area contributed by atoms with Crippen molar-refractivity contribution in [2.75, 3.05) is 39.6 Å². The van der Waals surface area contributed by atoms with Gasteiger partial charge in [-0.2, -0.15) is 0 Å². The molecule has 0 radical (unpaired) electrons. The van der Waals surface area contributed by atoms with Crippen molar-refractivity contribution in [1.29, 1.82) is 0 Å². The van der Waals surface area contributed by atoms with Crippen molar-refractivity contribution in [3.05, 3.63) is 0 Å². The maximum atomic E-state index is 13.0. The standard InChI is InChI=1S/C72H140O17P2/c1-6-9-12-15-18-20-22-24-29-33-36-41-46-51-56-70(75)83-62-68(89-72(77)58-53-48-43-38-34-30-27-25-26-28-31-35-40-44-49-54-65(4)5)64-87-91(80,81)85-60-66(73)59-84-90(78,79)86-63-67(61-82-69(74)55-50-45-39-17-14-11-8-3)88-71(76)57-52-47-42-37-32-23-21-19-16-13-10-7-2/h65-68,73H,6-64H2,1-5H3,(H,78,79)(H,80,81)/t66-,67+,68+/m0/s1. The molecule has 0 heterocycles. The molecule has 0 aromatic carbocycles. The van der Waals surface area contributed by atoms with Crippen LogP contribution in [-0.2, 0) is 65.4 Å². The van der Waals surface area contributed by atoms with Crippen LogP contribution in [0.3, 0.4) is 0 Å². The lowest BCUT2D eigenvalue weighted by atomic mass is 10.0. The fraction of sp³-hybridized carbons (Fsp3) is 0.944. The molecule has 91 heavy (non-hydrogen) atoms. The third kappa shape index (κ3) is 66.5. The molecule has 0 aliphatic carbocycles. The van der Waals surface area contributed by atoms with Gasteiger partial charge >= 0.3 is 39.5 Å². The van der Waals surface area contributed by atoms with Gasteiger partial charge in [0.25, 0.3) is 0 Å². The van der Waals surface area contributed by atoms with E-state index in [0.29, 0.717) is 25.7 Å². The van der Waals surface area contributed by atoms with Gasteiger partial charge in [-0.05, 0) is 31.6 Å². The Morgan fingerprint density at radius 2 is 0.505 bits per heavy atom. The summed E-state index contributed by atoms with van der Waals surface area (Å²) in [5.41, 5.74) is 0. The molecule has 2 unspecified atom stereocenters. The van der Waals surface area contributed by atoms with Crippen LogP contribution in [0.25, 0.3) is 0 Å². The lowest BCUT2D eigenvalue weighted by Crippen LogP contribution is -2.30. The van der Waals surface area contributed by atoms with E-state index in [1.54, 1.807) is 0 Å². The molecule has 17 nitrogen and oxygen atoms in total. The summed E-state index contributed by atoms with van der Waals surface area (Å²) >= 11 is 0. The van der Waals surface area contributed by atoms with Gasteiger partial charge in [0.05, 0.1) is 26.4 Å². The summed E-state index contributed by atoms with van der Waals surface area (Å²) in [4.78, 5) is 72.5. The van der Waals surface area contributed by atoms with Crippen molar-refractivity contribution in [1.82, 2.24) is 0 Å². The summed E-state index contributed by atoms with van der Waals surface area (Å²) in [7, 11) is -9.90. The summed E-state index contributed by atoms with van der Waals surface area (Å²) in [5, 5.41) is 10.6. The maximum absolute atomic E-state index is 13.0. The van der Waals surface area contributed by atoms with Gasteiger partial charge in [0.1, 0.15) is 19.3 Å². The highest BCUT2D eigenvalue weighted by atomic mass is 31.2. The van der Waals surface area contributed by atoms with E-state index in [2.05, 4.69) is 34.6 Å². The Balaban J connectivity index is 5.19. The third-order valence-electron chi connectivity index (χ3n) is 16.8. The van der Waals surface area contributed by atoms with Gasteiger partial charge in [-0.1, -0.05) is 324 Å². The van der Waals surface area contributed by atoms with Gasteiger partial charge in [0, 0.05) is 25.7 Å². The van der Waals surface area contributed by atoms with Crippen LogP contribution in [0, 0.1) is 5.92 Å². The largest absolute Gasteiger partial charge is 0.472 e. The molecule has 0 aromatic rings.